The van der Waals surface area contributed by atoms with E-state index in [4.69, 9.17) is 5.73 Å². The van der Waals surface area contributed by atoms with E-state index in [0.717, 1.165) is 32.2 Å². The van der Waals surface area contributed by atoms with Crippen molar-refractivity contribution < 1.29 is 8.42 Å². The maximum absolute atomic E-state index is 11.7. The van der Waals surface area contributed by atoms with Crippen molar-refractivity contribution in [2.24, 2.45) is 5.73 Å². The Hall–Kier alpha value is -0.130. The lowest BCUT2D eigenvalue weighted by molar-refractivity contribution is 0.165. The molecule has 0 aromatic rings. The molecule has 0 saturated heterocycles. The van der Waals surface area contributed by atoms with E-state index in [9.17, 15) is 8.42 Å². The van der Waals surface area contributed by atoms with Gasteiger partial charge in [-0.3, -0.25) is 4.90 Å². The van der Waals surface area contributed by atoms with Gasteiger partial charge in [-0.2, -0.15) is 0 Å². The molecule has 0 radical (unpaired) electrons. The molecule has 0 heterocycles. The minimum atomic E-state index is -2.85. The van der Waals surface area contributed by atoms with Gasteiger partial charge in [0.25, 0.3) is 0 Å². The topological polar surface area (TPSA) is 63.4 Å². The molecule has 4 nitrogen and oxygen atoms in total. The molecule has 0 aromatic carbocycles. The normalized spacial score (nSPS) is 25.6. The monoisotopic (exact) mass is 276 g/mol. The number of rotatable bonds is 7. The molecule has 18 heavy (non-hydrogen) atoms. The summed E-state index contributed by atoms with van der Waals surface area (Å²) in [5.74, 6) is 0.622. The highest BCUT2D eigenvalue weighted by Gasteiger charge is 2.24. The molecular weight excluding hydrogens is 248 g/mol. The fourth-order valence-electron chi connectivity index (χ4n) is 2.74. The van der Waals surface area contributed by atoms with E-state index in [1.54, 1.807) is 0 Å². The molecule has 2 N–H and O–H groups in total. The zero-order valence-electron chi connectivity index (χ0n) is 11.8. The number of hydrogen-bond donors (Lipinski definition) is 1. The smallest absolute Gasteiger partial charge is 0.151 e. The highest BCUT2D eigenvalue weighted by molar-refractivity contribution is 7.91. The van der Waals surface area contributed by atoms with Gasteiger partial charge in [0, 0.05) is 24.4 Å². The summed E-state index contributed by atoms with van der Waals surface area (Å²) in [4.78, 5) is 2.32. The third kappa shape index (κ3) is 5.24. The lowest BCUT2D eigenvalue weighted by Crippen LogP contribution is -2.42. The first-order valence-electron chi connectivity index (χ1n) is 7.18. The van der Waals surface area contributed by atoms with Gasteiger partial charge in [-0.1, -0.05) is 13.8 Å². The Balaban J connectivity index is 2.42. The van der Waals surface area contributed by atoms with Crippen molar-refractivity contribution in [1.82, 2.24) is 4.90 Å². The molecule has 0 amide bonds. The fraction of sp³-hybridized carbons (Fsp3) is 1.00. The van der Waals surface area contributed by atoms with Crippen LogP contribution < -0.4 is 5.73 Å². The van der Waals surface area contributed by atoms with Crippen LogP contribution in [0.15, 0.2) is 0 Å². The van der Waals surface area contributed by atoms with Crippen LogP contribution in [0.25, 0.3) is 0 Å². The summed E-state index contributed by atoms with van der Waals surface area (Å²) in [6.07, 6.45) is 5.09. The largest absolute Gasteiger partial charge is 0.328 e. The molecule has 108 valence electrons. The van der Waals surface area contributed by atoms with Crippen molar-refractivity contribution in [3.8, 4) is 0 Å². The van der Waals surface area contributed by atoms with Gasteiger partial charge >= 0.3 is 0 Å². The summed E-state index contributed by atoms with van der Waals surface area (Å²) in [5, 5.41) is 0. The molecular formula is C13H28N2O2S. The standard InChI is InChI=1S/C13H28N2O2S/c1-3-10-18(16,17)11-9-15(4-2)13-7-5-12(14)6-8-13/h12-13H,3-11,14H2,1-2H3. The molecule has 1 aliphatic carbocycles. The van der Waals surface area contributed by atoms with E-state index in [-0.39, 0.29) is 0 Å². The fourth-order valence-corrected chi connectivity index (χ4v) is 4.07. The van der Waals surface area contributed by atoms with Gasteiger partial charge in [0.2, 0.25) is 0 Å². The summed E-state index contributed by atoms with van der Waals surface area (Å²) in [5.41, 5.74) is 5.91. The first kappa shape index (κ1) is 15.9. The highest BCUT2D eigenvalue weighted by Crippen LogP contribution is 2.21. The Morgan fingerprint density at radius 3 is 2.22 bits per heavy atom. The Bertz CT molecular complexity index is 322. The lowest BCUT2D eigenvalue weighted by Gasteiger charge is -2.35. The third-order valence-electron chi connectivity index (χ3n) is 3.87. The SMILES string of the molecule is CCCS(=O)(=O)CCN(CC)C1CCC(N)CC1. The van der Waals surface area contributed by atoms with Crippen LogP contribution in [0.4, 0.5) is 0 Å². The quantitative estimate of drug-likeness (QED) is 0.763. The summed E-state index contributed by atoms with van der Waals surface area (Å²) in [7, 11) is -2.85. The Morgan fingerprint density at radius 1 is 1.11 bits per heavy atom. The highest BCUT2D eigenvalue weighted by atomic mass is 32.2. The van der Waals surface area contributed by atoms with Crippen LogP contribution >= 0.6 is 0 Å². The molecule has 0 spiro atoms. The summed E-state index contributed by atoms with van der Waals surface area (Å²) in [6, 6.07) is 0.885. The van der Waals surface area contributed by atoms with Crippen LogP contribution in [-0.4, -0.2) is 50.0 Å². The summed E-state index contributed by atoms with van der Waals surface area (Å²) < 4.78 is 23.5. The van der Waals surface area contributed by atoms with Crippen molar-refractivity contribution in [2.75, 3.05) is 24.6 Å². The average Bonchev–Trinajstić information content (AvgIpc) is 2.32. The number of hydrogen-bond acceptors (Lipinski definition) is 4. The molecule has 0 unspecified atom stereocenters. The van der Waals surface area contributed by atoms with Crippen molar-refractivity contribution in [3.63, 3.8) is 0 Å². The molecule has 0 aliphatic heterocycles. The summed E-state index contributed by atoms with van der Waals surface area (Å²) >= 11 is 0. The zero-order valence-corrected chi connectivity index (χ0v) is 12.6. The molecule has 0 bridgehead atoms. The van der Waals surface area contributed by atoms with E-state index in [1.807, 2.05) is 6.92 Å². The minimum Gasteiger partial charge on any atom is -0.328 e. The second kappa shape index (κ2) is 7.46. The van der Waals surface area contributed by atoms with Crippen LogP contribution in [0.3, 0.4) is 0 Å². The van der Waals surface area contributed by atoms with E-state index < -0.39 is 9.84 Å². The van der Waals surface area contributed by atoms with E-state index in [1.165, 1.54) is 0 Å². The predicted octanol–water partition coefficient (Wildman–Crippen LogP) is 1.40. The van der Waals surface area contributed by atoms with Crippen LogP contribution in [0, 0.1) is 0 Å². The van der Waals surface area contributed by atoms with Crippen molar-refractivity contribution >= 4 is 9.84 Å². The van der Waals surface area contributed by atoms with Gasteiger partial charge in [-0.05, 0) is 38.6 Å². The van der Waals surface area contributed by atoms with Gasteiger partial charge in [-0.25, -0.2) is 8.42 Å². The molecule has 5 heteroatoms. The number of sulfone groups is 1. The molecule has 1 saturated carbocycles. The Kier molecular flexibility index (Phi) is 6.60. The van der Waals surface area contributed by atoms with Crippen LogP contribution in [-0.2, 0) is 9.84 Å². The van der Waals surface area contributed by atoms with Gasteiger partial charge in [0.1, 0.15) is 0 Å². The maximum atomic E-state index is 11.7. The molecule has 0 aromatic heterocycles. The number of nitrogens with two attached hydrogens (primary N) is 1. The zero-order chi connectivity index (χ0) is 13.6. The Labute approximate surface area is 112 Å². The van der Waals surface area contributed by atoms with Gasteiger partial charge in [-0.15, -0.1) is 0 Å². The van der Waals surface area contributed by atoms with E-state index in [0.29, 0.717) is 36.6 Å². The Morgan fingerprint density at radius 2 is 1.72 bits per heavy atom. The van der Waals surface area contributed by atoms with Crippen molar-refractivity contribution in [2.45, 2.75) is 58.0 Å². The lowest BCUT2D eigenvalue weighted by atomic mass is 9.91. The maximum Gasteiger partial charge on any atom is 0.151 e. The molecule has 1 rings (SSSR count). The summed E-state index contributed by atoms with van der Waals surface area (Å²) in [6.45, 7) is 5.64. The number of nitrogens with zero attached hydrogens (tertiary/aromatic N) is 1. The second-order valence-corrected chi connectivity index (χ2v) is 7.65. The third-order valence-corrected chi connectivity index (χ3v) is 5.70. The predicted molar refractivity (Wildman–Crippen MR) is 76.4 cm³/mol. The van der Waals surface area contributed by atoms with Gasteiger partial charge in [0.15, 0.2) is 9.84 Å². The second-order valence-electron chi connectivity index (χ2n) is 5.35. The van der Waals surface area contributed by atoms with Crippen molar-refractivity contribution in [3.05, 3.63) is 0 Å². The minimum absolute atomic E-state index is 0.303. The molecule has 1 fully saturated rings. The van der Waals surface area contributed by atoms with Crippen LogP contribution in [0.1, 0.15) is 46.0 Å². The first-order chi connectivity index (χ1) is 8.48. The van der Waals surface area contributed by atoms with Crippen molar-refractivity contribution in [1.29, 1.82) is 0 Å². The average molecular weight is 276 g/mol. The van der Waals surface area contributed by atoms with Gasteiger partial charge < -0.3 is 5.73 Å². The van der Waals surface area contributed by atoms with E-state index >= 15 is 0 Å². The van der Waals surface area contributed by atoms with Crippen LogP contribution in [0.5, 0.6) is 0 Å². The molecule has 0 atom stereocenters. The molecule has 1 aliphatic rings. The first-order valence-corrected chi connectivity index (χ1v) is 9.00. The van der Waals surface area contributed by atoms with Crippen LogP contribution in [0.2, 0.25) is 0 Å². The van der Waals surface area contributed by atoms with Gasteiger partial charge in [0.05, 0.1) is 5.75 Å². The van der Waals surface area contributed by atoms with E-state index in [2.05, 4.69) is 11.8 Å².